The number of likely N-dealkylation sites (tertiary alicyclic amines) is 1. The maximum atomic E-state index is 12.0. The minimum atomic E-state index is -0.331. The van der Waals surface area contributed by atoms with Gasteiger partial charge in [-0.25, -0.2) is 4.79 Å². The van der Waals surface area contributed by atoms with E-state index in [1.54, 1.807) is 0 Å². The average Bonchev–Trinajstić information content (AvgIpc) is 2.92. The molecule has 0 aromatic rings. The maximum Gasteiger partial charge on any atom is 0.321 e. The van der Waals surface area contributed by atoms with Crippen molar-refractivity contribution in [3.63, 3.8) is 0 Å². The quantitative estimate of drug-likeness (QED) is 0.817. The topological polar surface area (TPSA) is 61.4 Å². The number of hydrogen-bond donors (Lipinski definition) is 2. The molecule has 1 saturated heterocycles. The van der Waals surface area contributed by atoms with Gasteiger partial charge in [-0.1, -0.05) is 19.3 Å². The molecule has 2 N–H and O–H groups in total. The van der Waals surface area contributed by atoms with Gasteiger partial charge in [0, 0.05) is 6.04 Å². The summed E-state index contributed by atoms with van der Waals surface area (Å²) >= 11 is 0. The van der Waals surface area contributed by atoms with E-state index >= 15 is 0 Å². The van der Waals surface area contributed by atoms with Crippen LogP contribution in [0.1, 0.15) is 51.9 Å². The van der Waals surface area contributed by atoms with Crippen LogP contribution in [0.2, 0.25) is 0 Å². The van der Waals surface area contributed by atoms with Crippen molar-refractivity contribution in [2.45, 2.75) is 64.0 Å². The second kappa shape index (κ2) is 6.89. The van der Waals surface area contributed by atoms with Crippen LogP contribution >= 0.6 is 0 Å². The number of hydrogen-bond acceptors (Lipinski definition) is 3. The molecule has 1 aliphatic carbocycles. The van der Waals surface area contributed by atoms with E-state index in [9.17, 15) is 9.59 Å². The van der Waals surface area contributed by atoms with Crippen molar-refractivity contribution in [2.24, 2.45) is 0 Å². The van der Waals surface area contributed by atoms with E-state index in [1.165, 1.54) is 19.3 Å². The first-order valence-corrected chi connectivity index (χ1v) is 7.52. The smallest absolute Gasteiger partial charge is 0.321 e. The lowest BCUT2D eigenvalue weighted by atomic mass is 9.96. The Bertz CT molecular complexity index is 321. The van der Waals surface area contributed by atoms with Crippen molar-refractivity contribution >= 4 is 11.9 Å². The minimum absolute atomic E-state index is 0.185. The molecule has 19 heavy (non-hydrogen) atoms. The van der Waals surface area contributed by atoms with Gasteiger partial charge in [-0.2, -0.15) is 0 Å². The summed E-state index contributed by atoms with van der Waals surface area (Å²) in [6.07, 6.45) is 7.95. The number of nitrogens with one attached hydrogen (secondary N) is 2. The normalized spacial score (nSPS) is 23.0. The molecule has 5 heteroatoms. The monoisotopic (exact) mass is 267 g/mol. The zero-order valence-corrected chi connectivity index (χ0v) is 11.8. The summed E-state index contributed by atoms with van der Waals surface area (Å²) in [5.74, 6) is -0.185. The average molecular weight is 267 g/mol. The van der Waals surface area contributed by atoms with E-state index in [-0.39, 0.29) is 24.0 Å². The molecule has 0 aromatic carbocycles. The third-order valence-electron chi connectivity index (χ3n) is 4.24. The van der Waals surface area contributed by atoms with Crippen molar-refractivity contribution in [1.29, 1.82) is 0 Å². The van der Waals surface area contributed by atoms with Crippen LogP contribution < -0.4 is 10.6 Å². The highest BCUT2D eigenvalue weighted by molar-refractivity contribution is 5.96. The fourth-order valence-electron chi connectivity index (χ4n) is 2.98. The van der Waals surface area contributed by atoms with Gasteiger partial charge >= 0.3 is 6.03 Å². The maximum absolute atomic E-state index is 12.0. The van der Waals surface area contributed by atoms with Crippen LogP contribution in [-0.2, 0) is 4.79 Å². The van der Waals surface area contributed by atoms with Crippen LogP contribution in [0.25, 0.3) is 0 Å². The molecule has 2 aliphatic rings. The summed E-state index contributed by atoms with van der Waals surface area (Å²) in [4.78, 5) is 25.9. The minimum Gasteiger partial charge on any atom is -0.335 e. The van der Waals surface area contributed by atoms with Gasteiger partial charge < -0.3 is 5.32 Å². The van der Waals surface area contributed by atoms with E-state index in [0.717, 1.165) is 38.8 Å². The predicted octanol–water partition coefficient (Wildman–Crippen LogP) is 1.63. The summed E-state index contributed by atoms with van der Waals surface area (Å²) in [7, 11) is 0. The molecular weight excluding hydrogens is 242 g/mol. The zero-order valence-electron chi connectivity index (χ0n) is 11.8. The van der Waals surface area contributed by atoms with Gasteiger partial charge in [-0.05, 0) is 45.7 Å². The van der Waals surface area contributed by atoms with Crippen LogP contribution in [-0.4, -0.2) is 42.0 Å². The number of amides is 3. The standard InChI is InChI=1S/C14H25N3O2/c1-11(17-9-5-6-10-17)13(18)16-14(19)15-12-7-3-2-4-8-12/h11-12H,2-10H2,1H3,(H2,15,16,18,19)/t11-/m1/s1. The lowest BCUT2D eigenvalue weighted by molar-refractivity contribution is -0.124. The molecule has 2 fully saturated rings. The van der Waals surface area contributed by atoms with E-state index in [2.05, 4.69) is 15.5 Å². The number of rotatable bonds is 3. The molecule has 0 spiro atoms. The van der Waals surface area contributed by atoms with Crippen LogP contribution in [0.5, 0.6) is 0 Å². The molecule has 1 atom stereocenters. The largest absolute Gasteiger partial charge is 0.335 e. The molecular formula is C14H25N3O2. The van der Waals surface area contributed by atoms with Crippen molar-refractivity contribution in [1.82, 2.24) is 15.5 Å². The number of carbonyl (C=O) groups excluding carboxylic acids is 2. The Balaban J connectivity index is 1.72. The molecule has 1 heterocycles. The highest BCUT2D eigenvalue weighted by atomic mass is 16.2. The third-order valence-corrected chi connectivity index (χ3v) is 4.24. The highest BCUT2D eigenvalue weighted by Gasteiger charge is 2.25. The first kappa shape index (κ1) is 14.3. The number of nitrogens with zero attached hydrogens (tertiary/aromatic N) is 1. The van der Waals surface area contributed by atoms with Gasteiger partial charge in [0.1, 0.15) is 0 Å². The van der Waals surface area contributed by atoms with E-state index in [1.807, 2.05) is 6.92 Å². The van der Waals surface area contributed by atoms with Gasteiger partial charge in [0.2, 0.25) is 5.91 Å². The molecule has 3 amide bonds. The van der Waals surface area contributed by atoms with Gasteiger partial charge in [0.05, 0.1) is 6.04 Å². The zero-order chi connectivity index (χ0) is 13.7. The van der Waals surface area contributed by atoms with Crippen molar-refractivity contribution in [3.05, 3.63) is 0 Å². The number of carbonyl (C=O) groups is 2. The van der Waals surface area contributed by atoms with E-state index in [4.69, 9.17) is 0 Å². The second-order valence-corrected chi connectivity index (χ2v) is 5.72. The van der Waals surface area contributed by atoms with Crippen LogP contribution in [0.15, 0.2) is 0 Å². The molecule has 5 nitrogen and oxygen atoms in total. The van der Waals surface area contributed by atoms with Crippen LogP contribution in [0.4, 0.5) is 4.79 Å². The molecule has 1 aliphatic heterocycles. The van der Waals surface area contributed by atoms with Crippen LogP contribution in [0, 0.1) is 0 Å². The first-order chi connectivity index (χ1) is 9.16. The SMILES string of the molecule is C[C@H](C(=O)NC(=O)NC1CCCCC1)N1CCCC1. The lowest BCUT2D eigenvalue weighted by Gasteiger charge is -2.25. The summed E-state index contributed by atoms with van der Waals surface area (Å²) < 4.78 is 0. The van der Waals surface area contributed by atoms with Crippen molar-refractivity contribution in [2.75, 3.05) is 13.1 Å². The Hall–Kier alpha value is -1.10. The Morgan fingerprint density at radius 2 is 1.68 bits per heavy atom. The predicted molar refractivity (Wildman–Crippen MR) is 73.8 cm³/mol. The molecule has 0 radical (unpaired) electrons. The third kappa shape index (κ3) is 4.20. The van der Waals surface area contributed by atoms with Crippen molar-refractivity contribution in [3.8, 4) is 0 Å². The molecule has 108 valence electrons. The summed E-state index contributed by atoms with van der Waals surface area (Å²) in [5.41, 5.74) is 0. The summed E-state index contributed by atoms with van der Waals surface area (Å²) in [5, 5.41) is 5.38. The molecule has 0 unspecified atom stereocenters. The number of imide groups is 1. The van der Waals surface area contributed by atoms with Gasteiger partial charge in [0.25, 0.3) is 0 Å². The lowest BCUT2D eigenvalue weighted by Crippen LogP contribution is -2.51. The molecule has 0 aromatic heterocycles. The second-order valence-electron chi connectivity index (χ2n) is 5.72. The van der Waals surface area contributed by atoms with Crippen molar-refractivity contribution < 1.29 is 9.59 Å². The van der Waals surface area contributed by atoms with Crippen LogP contribution in [0.3, 0.4) is 0 Å². The first-order valence-electron chi connectivity index (χ1n) is 7.52. The summed E-state index contributed by atoms with van der Waals surface area (Å²) in [6, 6.07) is -0.300. The fourth-order valence-corrected chi connectivity index (χ4v) is 2.98. The molecule has 0 bridgehead atoms. The molecule has 2 rings (SSSR count). The molecule has 1 saturated carbocycles. The fraction of sp³-hybridized carbons (Fsp3) is 0.857. The highest BCUT2D eigenvalue weighted by Crippen LogP contribution is 2.17. The van der Waals surface area contributed by atoms with Gasteiger partial charge in [-0.15, -0.1) is 0 Å². The van der Waals surface area contributed by atoms with E-state index in [0.29, 0.717) is 0 Å². The summed E-state index contributed by atoms with van der Waals surface area (Å²) in [6.45, 7) is 3.78. The number of urea groups is 1. The van der Waals surface area contributed by atoms with Gasteiger partial charge in [-0.3, -0.25) is 15.0 Å². The van der Waals surface area contributed by atoms with E-state index < -0.39 is 0 Å². The Kier molecular flexibility index (Phi) is 5.19. The Labute approximate surface area is 115 Å². The Morgan fingerprint density at radius 3 is 2.32 bits per heavy atom. The Morgan fingerprint density at radius 1 is 1.05 bits per heavy atom. The van der Waals surface area contributed by atoms with Gasteiger partial charge in [0.15, 0.2) is 0 Å².